The summed E-state index contributed by atoms with van der Waals surface area (Å²) in [4.78, 5) is 16.6. The van der Waals surface area contributed by atoms with E-state index in [0.717, 1.165) is 4.88 Å². The summed E-state index contributed by atoms with van der Waals surface area (Å²) in [6.07, 6.45) is 3.05. The number of thiophene rings is 1. The zero-order valence-corrected chi connectivity index (χ0v) is 11.2. The molecule has 0 aromatic carbocycles. The van der Waals surface area contributed by atoms with Crippen LogP contribution in [0, 0.1) is 0 Å². The highest BCUT2D eigenvalue weighted by Crippen LogP contribution is 2.24. The van der Waals surface area contributed by atoms with E-state index in [-0.39, 0.29) is 11.6 Å². The van der Waals surface area contributed by atoms with Crippen molar-refractivity contribution in [3.05, 3.63) is 41.9 Å². The molecule has 3 aromatic heterocycles. The normalized spacial score (nSPS) is 10.6. The maximum Gasteiger partial charge on any atom is 0.273 e. The quantitative estimate of drug-likeness (QED) is 0.767. The van der Waals surface area contributed by atoms with Crippen LogP contribution >= 0.6 is 11.3 Å². The molecule has 3 heterocycles. The highest BCUT2D eigenvalue weighted by molar-refractivity contribution is 7.13. The second-order valence-electron chi connectivity index (χ2n) is 3.97. The van der Waals surface area contributed by atoms with Crippen LogP contribution in [0.15, 0.2) is 40.8 Å². The number of aromatic nitrogens is 4. The molecule has 0 aliphatic carbocycles. The molecule has 20 heavy (non-hydrogen) atoms. The van der Waals surface area contributed by atoms with Gasteiger partial charge in [0.05, 0.1) is 11.4 Å². The molecule has 8 heteroatoms. The lowest BCUT2D eigenvalue weighted by Crippen LogP contribution is -2.27. The number of carbonyl (C=O) groups excluding carboxylic acids is 1. The van der Waals surface area contributed by atoms with E-state index in [1.807, 2.05) is 17.5 Å². The summed E-state index contributed by atoms with van der Waals surface area (Å²) in [7, 11) is 0. The Morgan fingerprint density at radius 1 is 1.50 bits per heavy atom. The average molecular weight is 289 g/mol. The molecule has 0 fully saturated rings. The number of nitrogens with one attached hydrogen (secondary N) is 1. The summed E-state index contributed by atoms with van der Waals surface area (Å²) in [6.45, 7) is 1.00. The molecule has 0 saturated heterocycles. The third-order valence-corrected chi connectivity index (χ3v) is 3.48. The van der Waals surface area contributed by atoms with E-state index < -0.39 is 0 Å². The molecule has 0 saturated carbocycles. The van der Waals surface area contributed by atoms with E-state index in [1.165, 1.54) is 17.7 Å². The highest BCUT2D eigenvalue weighted by atomic mass is 32.1. The molecule has 0 aliphatic heterocycles. The van der Waals surface area contributed by atoms with Gasteiger partial charge in [-0.25, -0.2) is 4.98 Å². The summed E-state index contributed by atoms with van der Waals surface area (Å²) < 4.78 is 6.79. The fourth-order valence-corrected chi connectivity index (χ4v) is 2.31. The molecule has 1 amide bonds. The Morgan fingerprint density at radius 3 is 3.20 bits per heavy atom. The predicted octanol–water partition coefficient (Wildman–Crippen LogP) is 1.42. The Morgan fingerprint density at radius 2 is 2.45 bits per heavy atom. The molecule has 0 atom stereocenters. The molecular weight excluding hydrogens is 278 g/mol. The van der Waals surface area contributed by atoms with Gasteiger partial charge >= 0.3 is 0 Å². The Balaban J connectivity index is 1.57. The SMILES string of the molecule is O=C(NCCn1cncn1)c1cc(-c2cccs2)on1. The molecule has 3 aromatic rings. The standard InChI is InChI=1S/C12H11N5O2S/c18-12(14-3-4-17-8-13-7-15-17)9-6-10(19-16-9)11-2-1-5-20-11/h1-2,5-8H,3-4H2,(H,14,18). The number of amides is 1. The van der Waals surface area contributed by atoms with E-state index in [2.05, 4.69) is 20.6 Å². The molecule has 0 spiro atoms. The lowest BCUT2D eigenvalue weighted by atomic mass is 10.3. The number of hydrogen-bond acceptors (Lipinski definition) is 6. The Kier molecular flexibility index (Phi) is 3.55. The molecule has 0 bridgehead atoms. The summed E-state index contributed by atoms with van der Waals surface area (Å²) in [5, 5.41) is 12.4. The number of rotatable bonds is 5. The van der Waals surface area contributed by atoms with Crippen LogP contribution in [0.1, 0.15) is 10.5 Å². The van der Waals surface area contributed by atoms with Crippen molar-refractivity contribution in [2.24, 2.45) is 0 Å². The van der Waals surface area contributed by atoms with Gasteiger partial charge < -0.3 is 9.84 Å². The van der Waals surface area contributed by atoms with Gasteiger partial charge in [-0.2, -0.15) is 5.10 Å². The maximum atomic E-state index is 11.9. The summed E-state index contributed by atoms with van der Waals surface area (Å²) in [5.74, 6) is 0.332. The minimum Gasteiger partial charge on any atom is -0.355 e. The molecule has 3 rings (SSSR count). The van der Waals surface area contributed by atoms with Gasteiger partial charge in [-0.15, -0.1) is 11.3 Å². The van der Waals surface area contributed by atoms with E-state index in [4.69, 9.17) is 4.52 Å². The van der Waals surface area contributed by atoms with Gasteiger partial charge in [0.1, 0.15) is 12.7 Å². The van der Waals surface area contributed by atoms with E-state index in [1.54, 1.807) is 17.1 Å². The zero-order chi connectivity index (χ0) is 13.8. The van der Waals surface area contributed by atoms with Gasteiger partial charge in [-0.3, -0.25) is 9.48 Å². The zero-order valence-electron chi connectivity index (χ0n) is 10.4. The lowest BCUT2D eigenvalue weighted by molar-refractivity contribution is 0.0943. The van der Waals surface area contributed by atoms with Gasteiger partial charge in [0, 0.05) is 12.6 Å². The average Bonchev–Trinajstić information content (AvgIpc) is 3.20. The van der Waals surface area contributed by atoms with Crippen molar-refractivity contribution in [2.75, 3.05) is 6.54 Å². The Hall–Kier alpha value is -2.48. The van der Waals surface area contributed by atoms with E-state index in [9.17, 15) is 4.79 Å². The van der Waals surface area contributed by atoms with Crippen molar-refractivity contribution in [2.45, 2.75) is 6.54 Å². The van der Waals surface area contributed by atoms with Crippen LogP contribution in [0.5, 0.6) is 0 Å². The van der Waals surface area contributed by atoms with Gasteiger partial charge in [0.2, 0.25) is 0 Å². The third kappa shape index (κ3) is 2.75. The first kappa shape index (κ1) is 12.5. The van der Waals surface area contributed by atoms with Crippen molar-refractivity contribution in [3.63, 3.8) is 0 Å². The van der Waals surface area contributed by atoms with Crippen molar-refractivity contribution in [3.8, 4) is 10.6 Å². The van der Waals surface area contributed by atoms with Crippen molar-refractivity contribution in [1.82, 2.24) is 25.2 Å². The Labute approximate surface area is 118 Å². The van der Waals surface area contributed by atoms with Crippen LogP contribution in [0.25, 0.3) is 10.6 Å². The second-order valence-corrected chi connectivity index (χ2v) is 4.92. The highest BCUT2D eigenvalue weighted by Gasteiger charge is 2.13. The van der Waals surface area contributed by atoms with Crippen molar-refractivity contribution < 1.29 is 9.32 Å². The fourth-order valence-electron chi connectivity index (χ4n) is 1.64. The van der Waals surface area contributed by atoms with Crippen molar-refractivity contribution >= 4 is 17.2 Å². The van der Waals surface area contributed by atoms with Crippen LogP contribution in [-0.2, 0) is 6.54 Å². The molecule has 1 N–H and O–H groups in total. The molecule has 0 unspecified atom stereocenters. The van der Waals surface area contributed by atoms with E-state index in [0.29, 0.717) is 18.8 Å². The molecular formula is C12H11N5O2S. The van der Waals surface area contributed by atoms with Crippen LogP contribution in [0.3, 0.4) is 0 Å². The van der Waals surface area contributed by atoms with Gasteiger partial charge in [-0.1, -0.05) is 11.2 Å². The predicted molar refractivity (Wildman–Crippen MR) is 72.2 cm³/mol. The lowest BCUT2D eigenvalue weighted by Gasteiger charge is -2.01. The Bertz CT molecular complexity index is 675. The fraction of sp³-hybridized carbons (Fsp3) is 0.167. The smallest absolute Gasteiger partial charge is 0.273 e. The first-order chi connectivity index (χ1) is 9.83. The van der Waals surface area contributed by atoms with Gasteiger partial charge in [0.15, 0.2) is 11.5 Å². The molecule has 0 radical (unpaired) electrons. The summed E-state index contributed by atoms with van der Waals surface area (Å²) in [5.41, 5.74) is 0.270. The number of hydrogen-bond donors (Lipinski definition) is 1. The third-order valence-electron chi connectivity index (χ3n) is 2.60. The minimum atomic E-state index is -0.267. The monoisotopic (exact) mass is 289 g/mol. The molecule has 0 aliphatic rings. The van der Waals surface area contributed by atoms with E-state index >= 15 is 0 Å². The van der Waals surface area contributed by atoms with Gasteiger partial charge in [0.25, 0.3) is 5.91 Å². The molecule has 102 valence electrons. The summed E-state index contributed by atoms with van der Waals surface area (Å²) in [6, 6.07) is 5.47. The van der Waals surface area contributed by atoms with Gasteiger partial charge in [-0.05, 0) is 11.4 Å². The van der Waals surface area contributed by atoms with Crippen LogP contribution in [0.4, 0.5) is 0 Å². The van der Waals surface area contributed by atoms with Crippen LogP contribution in [-0.4, -0.2) is 32.4 Å². The second kappa shape index (κ2) is 5.66. The first-order valence-corrected chi connectivity index (χ1v) is 6.82. The topological polar surface area (TPSA) is 85.8 Å². The van der Waals surface area contributed by atoms with Crippen LogP contribution in [0.2, 0.25) is 0 Å². The van der Waals surface area contributed by atoms with Crippen LogP contribution < -0.4 is 5.32 Å². The maximum absolute atomic E-state index is 11.9. The minimum absolute atomic E-state index is 0.267. The first-order valence-electron chi connectivity index (χ1n) is 5.94. The number of nitrogens with zero attached hydrogens (tertiary/aromatic N) is 4. The summed E-state index contributed by atoms with van der Waals surface area (Å²) >= 11 is 1.53. The molecule has 7 nitrogen and oxygen atoms in total. The number of carbonyl (C=O) groups is 1. The van der Waals surface area contributed by atoms with Crippen molar-refractivity contribution in [1.29, 1.82) is 0 Å². The largest absolute Gasteiger partial charge is 0.355 e.